The molecule has 0 amide bonds. The van der Waals surface area contributed by atoms with Gasteiger partial charge in [0.15, 0.2) is 0 Å². The van der Waals surface area contributed by atoms with E-state index in [4.69, 9.17) is 32.5 Å². The average molecular weight is 374 g/mol. The second kappa shape index (κ2) is 9.76. The van der Waals surface area contributed by atoms with E-state index in [1.807, 2.05) is 0 Å². The first-order valence-corrected chi connectivity index (χ1v) is 9.99. The molecule has 0 atom stereocenters. The van der Waals surface area contributed by atoms with E-state index in [0.29, 0.717) is 45.5 Å². The summed E-state index contributed by atoms with van der Waals surface area (Å²) in [7, 11) is -3.41. The van der Waals surface area contributed by atoms with Gasteiger partial charge in [-0.1, -0.05) is 23.2 Å². The van der Waals surface area contributed by atoms with Crippen molar-refractivity contribution in [3.8, 4) is 5.75 Å². The minimum absolute atomic E-state index is 0.315. The van der Waals surface area contributed by atoms with Gasteiger partial charge < -0.3 is 10.1 Å². The molecular weight excluding hydrogens is 357 g/mol. The third-order valence-corrected chi connectivity index (χ3v) is 5.00. The third kappa shape index (κ3) is 9.44. The van der Waals surface area contributed by atoms with Gasteiger partial charge in [-0.2, -0.15) is 8.42 Å². The minimum Gasteiger partial charge on any atom is -0.492 e. The molecule has 1 aromatic rings. The van der Waals surface area contributed by atoms with Crippen LogP contribution in [0.25, 0.3) is 0 Å². The summed E-state index contributed by atoms with van der Waals surface area (Å²) < 4.78 is 34.9. The highest BCUT2D eigenvalue weighted by Gasteiger charge is 2.04. The second-order valence-corrected chi connectivity index (χ2v) is 8.44. The number of ether oxygens (including phenoxy) is 1. The molecule has 0 unspecified atom stereocenters. The van der Waals surface area contributed by atoms with Crippen LogP contribution in [0.5, 0.6) is 5.75 Å². The molecule has 0 aliphatic heterocycles. The number of unbranched alkanes of at least 4 members (excludes halogenated alkanes) is 1. The van der Waals surface area contributed by atoms with Crippen LogP contribution >= 0.6 is 34.0 Å². The molecular formula is C12H17Cl2NO4S2. The molecule has 5 nitrogen and oxygen atoms in total. The average Bonchev–Trinajstić information content (AvgIpc) is 2.37. The Morgan fingerprint density at radius 2 is 2.00 bits per heavy atom. The summed E-state index contributed by atoms with van der Waals surface area (Å²) in [5.74, 6) is 0.925. The summed E-state index contributed by atoms with van der Waals surface area (Å²) in [6, 6.07) is 5.08. The fourth-order valence-corrected chi connectivity index (χ4v) is 3.25. The lowest BCUT2D eigenvalue weighted by molar-refractivity contribution is 0.306. The molecule has 2 N–H and O–H groups in total. The Hall–Kier alpha value is -0.180. The summed E-state index contributed by atoms with van der Waals surface area (Å²) in [5, 5.41) is 4.14. The summed E-state index contributed by atoms with van der Waals surface area (Å²) in [6.45, 7) is 1.82. The van der Waals surface area contributed by atoms with Gasteiger partial charge in [-0.25, -0.2) is 0 Å². The second-order valence-electron chi connectivity index (χ2n) is 4.13. The van der Waals surface area contributed by atoms with Crippen LogP contribution in [0.3, 0.4) is 0 Å². The van der Waals surface area contributed by atoms with Crippen LogP contribution in [0.1, 0.15) is 12.8 Å². The van der Waals surface area contributed by atoms with Crippen LogP contribution < -0.4 is 10.1 Å². The van der Waals surface area contributed by atoms with Crippen LogP contribution in [0.2, 0.25) is 10.0 Å². The smallest absolute Gasteiger partial charge is 0.319 e. The van der Waals surface area contributed by atoms with Gasteiger partial charge in [-0.05, 0) is 48.4 Å². The maximum atomic E-state index is 10.4. The van der Waals surface area contributed by atoms with Crippen LogP contribution in [0.4, 0.5) is 0 Å². The Balaban J connectivity index is 2.02. The number of hydrogen-bond acceptors (Lipinski definition) is 5. The molecule has 120 valence electrons. The molecule has 0 bridgehead atoms. The molecule has 9 heteroatoms. The largest absolute Gasteiger partial charge is 0.492 e. The first-order valence-electron chi connectivity index (χ1n) is 6.29. The van der Waals surface area contributed by atoms with Crippen LogP contribution in [0.15, 0.2) is 18.2 Å². The molecule has 0 aliphatic carbocycles. The molecule has 0 aliphatic rings. The van der Waals surface area contributed by atoms with Gasteiger partial charge in [-0.15, -0.1) is 0 Å². The van der Waals surface area contributed by atoms with Gasteiger partial charge in [0, 0.05) is 17.3 Å². The van der Waals surface area contributed by atoms with Gasteiger partial charge in [0.25, 0.3) is 0 Å². The van der Waals surface area contributed by atoms with E-state index in [2.05, 4.69) is 5.32 Å². The number of halogens is 2. The van der Waals surface area contributed by atoms with E-state index in [1.54, 1.807) is 18.2 Å². The monoisotopic (exact) mass is 373 g/mol. The van der Waals surface area contributed by atoms with E-state index in [1.165, 1.54) is 0 Å². The van der Waals surface area contributed by atoms with Gasteiger partial charge in [-0.3, -0.25) is 4.55 Å². The molecule has 1 aromatic carbocycles. The number of hydrogen-bond donors (Lipinski definition) is 2. The summed E-state index contributed by atoms with van der Waals surface area (Å²) in [5.41, 5.74) is 0. The molecule has 0 saturated carbocycles. The third-order valence-electron chi connectivity index (χ3n) is 2.41. The van der Waals surface area contributed by atoms with Gasteiger partial charge in [0.1, 0.15) is 5.75 Å². The maximum Gasteiger partial charge on any atom is 0.319 e. The standard InChI is InChI=1S/C12H17Cl2NO4S2/c13-10-3-4-12(11(14)9-10)19-7-2-1-5-15-6-8-20-21(16,17)18/h3-4,9,15H,1-2,5-8H2,(H,16,17,18). The van der Waals surface area contributed by atoms with E-state index >= 15 is 0 Å². The zero-order chi connectivity index (χ0) is 15.7. The van der Waals surface area contributed by atoms with Gasteiger partial charge in [0.05, 0.1) is 11.6 Å². The molecule has 1 rings (SSSR count). The summed E-state index contributed by atoms with van der Waals surface area (Å²) in [4.78, 5) is 0. The highest BCUT2D eigenvalue weighted by molar-refractivity contribution is 8.69. The topological polar surface area (TPSA) is 75.6 Å². The number of benzene rings is 1. The van der Waals surface area contributed by atoms with Crippen LogP contribution in [-0.4, -0.2) is 38.4 Å². The van der Waals surface area contributed by atoms with Crippen molar-refractivity contribution in [3.05, 3.63) is 28.2 Å². The fraction of sp³-hybridized carbons (Fsp3) is 0.500. The Morgan fingerprint density at radius 1 is 1.24 bits per heavy atom. The quantitative estimate of drug-likeness (QED) is 0.372. The summed E-state index contributed by atoms with van der Waals surface area (Å²) >= 11 is 11.8. The first-order chi connectivity index (χ1) is 9.88. The van der Waals surface area contributed by atoms with Crippen molar-refractivity contribution >= 4 is 43.1 Å². The fourth-order valence-electron chi connectivity index (χ4n) is 1.47. The normalized spacial score (nSPS) is 11.6. The van der Waals surface area contributed by atoms with E-state index in [-0.39, 0.29) is 0 Å². The zero-order valence-electron chi connectivity index (χ0n) is 11.2. The molecule has 0 spiro atoms. The molecule has 0 heterocycles. The van der Waals surface area contributed by atoms with Crippen LogP contribution in [-0.2, 0) is 9.15 Å². The number of nitrogens with one attached hydrogen (secondary N) is 1. The molecule has 21 heavy (non-hydrogen) atoms. The van der Waals surface area contributed by atoms with Crippen molar-refractivity contribution in [2.24, 2.45) is 0 Å². The minimum atomic E-state index is -3.93. The highest BCUT2D eigenvalue weighted by atomic mass is 35.5. The zero-order valence-corrected chi connectivity index (χ0v) is 14.4. The van der Waals surface area contributed by atoms with Gasteiger partial charge >= 0.3 is 9.15 Å². The van der Waals surface area contributed by atoms with E-state index in [9.17, 15) is 8.42 Å². The molecule has 0 fully saturated rings. The van der Waals surface area contributed by atoms with Gasteiger partial charge in [0.2, 0.25) is 0 Å². The lowest BCUT2D eigenvalue weighted by Gasteiger charge is -2.08. The van der Waals surface area contributed by atoms with E-state index < -0.39 is 9.15 Å². The Bertz CT molecular complexity index is 540. The molecule has 0 radical (unpaired) electrons. The van der Waals surface area contributed by atoms with Crippen molar-refractivity contribution < 1.29 is 17.7 Å². The predicted molar refractivity (Wildman–Crippen MR) is 88.1 cm³/mol. The Morgan fingerprint density at radius 3 is 2.67 bits per heavy atom. The number of rotatable bonds is 10. The molecule has 0 saturated heterocycles. The van der Waals surface area contributed by atoms with Crippen molar-refractivity contribution in [1.82, 2.24) is 5.32 Å². The lowest BCUT2D eigenvalue weighted by atomic mass is 10.3. The van der Waals surface area contributed by atoms with Crippen molar-refractivity contribution in [1.29, 1.82) is 0 Å². The van der Waals surface area contributed by atoms with Crippen molar-refractivity contribution in [3.63, 3.8) is 0 Å². The lowest BCUT2D eigenvalue weighted by Crippen LogP contribution is -2.19. The van der Waals surface area contributed by atoms with Crippen LogP contribution in [0, 0.1) is 0 Å². The molecule has 0 aromatic heterocycles. The van der Waals surface area contributed by atoms with Crippen molar-refractivity contribution in [2.45, 2.75) is 12.8 Å². The van der Waals surface area contributed by atoms with Crippen molar-refractivity contribution in [2.75, 3.05) is 25.4 Å². The predicted octanol–water partition coefficient (Wildman–Crippen LogP) is 3.28. The SMILES string of the molecule is O=S(=O)(O)SCCNCCCCOc1ccc(Cl)cc1Cl. The Kier molecular flexibility index (Phi) is 8.77. The maximum absolute atomic E-state index is 10.4. The highest BCUT2D eigenvalue weighted by Crippen LogP contribution is 2.27. The first kappa shape index (κ1) is 18.9. The summed E-state index contributed by atoms with van der Waals surface area (Å²) in [6.07, 6.45) is 1.74. The van der Waals surface area contributed by atoms with E-state index in [0.717, 1.165) is 19.4 Å². The Labute approximate surface area is 138 Å².